The SMILES string of the molecule is C[C@H]1COc2ccc(C#CC(C)(C)O)cc2N(C)C1=O. The molecule has 0 fully saturated rings. The van der Waals surface area contributed by atoms with E-state index < -0.39 is 5.60 Å². The molecular weight excluding hydrogens is 254 g/mol. The molecule has 20 heavy (non-hydrogen) atoms. The average Bonchev–Trinajstić information content (AvgIpc) is 2.49. The number of ether oxygens (including phenoxy) is 1. The molecule has 1 aliphatic rings. The van der Waals surface area contributed by atoms with Crippen LogP contribution in [0.3, 0.4) is 0 Å². The van der Waals surface area contributed by atoms with Gasteiger partial charge in [-0.3, -0.25) is 4.79 Å². The normalized spacial score (nSPS) is 18.6. The predicted octanol–water partition coefficient (Wildman–Crippen LogP) is 1.80. The monoisotopic (exact) mass is 273 g/mol. The molecule has 106 valence electrons. The lowest BCUT2D eigenvalue weighted by Crippen LogP contribution is -2.31. The molecule has 2 rings (SSSR count). The Labute approximate surface area is 119 Å². The Bertz CT molecular complexity index is 590. The topological polar surface area (TPSA) is 49.8 Å². The highest BCUT2D eigenvalue weighted by Gasteiger charge is 2.25. The molecule has 1 heterocycles. The van der Waals surface area contributed by atoms with Gasteiger partial charge in [-0.05, 0) is 32.0 Å². The molecule has 0 spiro atoms. The highest BCUT2D eigenvalue weighted by Crippen LogP contribution is 2.32. The first-order valence-corrected chi connectivity index (χ1v) is 6.58. The van der Waals surface area contributed by atoms with Gasteiger partial charge in [-0.15, -0.1) is 0 Å². The molecule has 1 amide bonds. The van der Waals surface area contributed by atoms with Crippen LogP contribution in [0.2, 0.25) is 0 Å². The van der Waals surface area contributed by atoms with Crippen LogP contribution in [0.15, 0.2) is 18.2 Å². The van der Waals surface area contributed by atoms with Crippen LogP contribution in [0.4, 0.5) is 5.69 Å². The zero-order valence-corrected chi connectivity index (χ0v) is 12.2. The molecular formula is C16H19NO3. The summed E-state index contributed by atoms with van der Waals surface area (Å²) in [6, 6.07) is 5.45. The Morgan fingerprint density at radius 1 is 1.45 bits per heavy atom. The standard InChI is InChI=1S/C16H19NO3/c1-11-10-20-14-6-5-12(7-8-16(2,3)19)9-13(14)17(4)15(11)18/h5-6,9,11,19H,10H2,1-4H3/t11-/m0/s1. The molecule has 4 heteroatoms. The predicted molar refractivity (Wildman–Crippen MR) is 77.7 cm³/mol. The van der Waals surface area contributed by atoms with Crippen molar-refractivity contribution < 1.29 is 14.6 Å². The number of carbonyl (C=O) groups is 1. The van der Waals surface area contributed by atoms with E-state index in [9.17, 15) is 9.90 Å². The minimum atomic E-state index is -1.04. The fourth-order valence-electron chi connectivity index (χ4n) is 1.94. The lowest BCUT2D eigenvalue weighted by molar-refractivity contribution is -0.122. The Morgan fingerprint density at radius 2 is 2.15 bits per heavy atom. The zero-order valence-electron chi connectivity index (χ0n) is 12.2. The molecule has 1 atom stereocenters. The van der Waals surface area contributed by atoms with Gasteiger partial charge >= 0.3 is 0 Å². The number of rotatable bonds is 0. The van der Waals surface area contributed by atoms with Gasteiger partial charge < -0.3 is 14.7 Å². The molecule has 0 radical (unpaired) electrons. The van der Waals surface area contributed by atoms with Crippen LogP contribution < -0.4 is 9.64 Å². The summed E-state index contributed by atoms with van der Waals surface area (Å²) in [4.78, 5) is 13.7. The number of anilines is 1. The van der Waals surface area contributed by atoms with Crippen molar-refractivity contribution in [1.29, 1.82) is 0 Å². The molecule has 1 aromatic carbocycles. The van der Waals surface area contributed by atoms with Gasteiger partial charge in [0.05, 0.1) is 18.2 Å². The molecule has 0 saturated carbocycles. The third-order valence-electron chi connectivity index (χ3n) is 3.07. The van der Waals surface area contributed by atoms with E-state index >= 15 is 0 Å². The van der Waals surface area contributed by atoms with Crippen molar-refractivity contribution in [3.8, 4) is 17.6 Å². The lowest BCUT2D eigenvalue weighted by atomic mass is 10.1. The number of hydrogen-bond acceptors (Lipinski definition) is 3. The second kappa shape index (κ2) is 5.18. The molecule has 1 aromatic rings. The summed E-state index contributed by atoms with van der Waals surface area (Å²) >= 11 is 0. The highest BCUT2D eigenvalue weighted by molar-refractivity contribution is 5.96. The van der Waals surface area contributed by atoms with Crippen LogP contribution in [0.5, 0.6) is 5.75 Å². The minimum absolute atomic E-state index is 0.0244. The van der Waals surface area contributed by atoms with Gasteiger partial charge in [0.15, 0.2) is 0 Å². The average molecular weight is 273 g/mol. The number of benzene rings is 1. The van der Waals surface area contributed by atoms with Crippen LogP contribution in [-0.4, -0.2) is 30.3 Å². The number of carbonyl (C=O) groups excluding carboxylic acids is 1. The van der Waals surface area contributed by atoms with E-state index in [1.54, 1.807) is 25.8 Å². The van der Waals surface area contributed by atoms with Gasteiger partial charge in [-0.1, -0.05) is 18.8 Å². The maximum Gasteiger partial charge on any atom is 0.233 e. The van der Waals surface area contributed by atoms with E-state index in [1.165, 1.54) is 0 Å². The van der Waals surface area contributed by atoms with Crippen molar-refractivity contribution in [3.05, 3.63) is 23.8 Å². The molecule has 0 unspecified atom stereocenters. The second-order valence-corrected chi connectivity index (χ2v) is 5.60. The molecule has 0 aromatic heterocycles. The summed E-state index contributed by atoms with van der Waals surface area (Å²) < 4.78 is 5.64. The third kappa shape index (κ3) is 3.12. The van der Waals surface area contributed by atoms with Gasteiger partial charge in [0.25, 0.3) is 0 Å². The number of hydrogen-bond donors (Lipinski definition) is 1. The van der Waals surface area contributed by atoms with Crippen molar-refractivity contribution in [2.24, 2.45) is 5.92 Å². The highest BCUT2D eigenvalue weighted by atomic mass is 16.5. The Morgan fingerprint density at radius 3 is 2.80 bits per heavy atom. The van der Waals surface area contributed by atoms with Gasteiger partial charge in [-0.25, -0.2) is 0 Å². The van der Waals surface area contributed by atoms with E-state index in [1.807, 2.05) is 25.1 Å². The summed E-state index contributed by atoms with van der Waals surface area (Å²) in [6.07, 6.45) is 0. The van der Waals surface area contributed by atoms with Crippen LogP contribution >= 0.6 is 0 Å². The van der Waals surface area contributed by atoms with Crippen molar-refractivity contribution in [3.63, 3.8) is 0 Å². The second-order valence-electron chi connectivity index (χ2n) is 5.60. The minimum Gasteiger partial charge on any atom is -0.491 e. The fraction of sp³-hybridized carbons (Fsp3) is 0.438. The van der Waals surface area contributed by atoms with Crippen molar-refractivity contribution in [1.82, 2.24) is 0 Å². The maximum atomic E-state index is 12.1. The Kier molecular flexibility index (Phi) is 3.74. The van der Waals surface area contributed by atoms with Gasteiger partial charge in [-0.2, -0.15) is 0 Å². The van der Waals surface area contributed by atoms with Crippen molar-refractivity contribution >= 4 is 11.6 Å². The Hall–Kier alpha value is -1.99. The first-order chi connectivity index (χ1) is 9.28. The number of fused-ring (bicyclic) bond motifs is 1. The maximum absolute atomic E-state index is 12.1. The first kappa shape index (κ1) is 14.4. The quantitative estimate of drug-likeness (QED) is 0.733. The molecule has 0 aliphatic carbocycles. The molecule has 0 saturated heterocycles. The van der Waals surface area contributed by atoms with Crippen LogP contribution in [0.1, 0.15) is 26.3 Å². The van der Waals surface area contributed by atoms with Crippen molar-refractivity contribution in [2.45, 2.75) is 26.4 Å². The summed E-state index contributed by atoms with van der Waals surface area (Å²) in [7, 11) is 1.74. The zero-order chi connectivity index (χ0) is 14.9. The van der Waals surface area contributed by atoms with Crippen LogP contribution in [-0.2, 0) is 4.79 Å². The number of nitrogens with zero attached hydrogens (tertiary/aromatic N) is 1. The van der Waals surface area contributed by atoms with Gasteiger partial charge in [0, 0.05) is 12.6 Å². The third-order valence-corrected chi connectivity index (χ3v) is 3.07. The number of aliphatic hydroxyl groups is 1. The molecule has 1 N–H and O–H groups in total. The van der Waals surface area contributed by atoms with E-state index in [4.69, 9.17) is 4.74 Å². The first-order valence-electron chi connectivity index (χ1n) is 6.58. The Balaban J connectivity index is 2.40. The van der Waals surface area contributed by atoms with E-state index in [2.05, 4.69) is 11.8 Å². The fourth-order valence-corrected chi connectivity index (χ4v) is 1.94. The van der Waals surface area contributed by atoms with Crippen LogP contribution in [0, 0.1) is 17.8 Å². The lowest BCUT2D eigenvalue weighted by Gasteiger charge is -2.17. The van der Waals surface area contributed by atoms with Gasteiger partial charge in [0.2, 0.25) is 5.91 Å². The summed E-state index contributed by atoms with van der Waals surface area (Å²) in [6.45, 7) is 5.48. The molecule has 0 bridgehead atoms. The largest absolute Gasteiger partial charge is 0.491 e. The van der Waals surface area contributed by atoms with E-state index in [0.29, 0.717) is 18.0 Å². The van der Waals surface area contributed by atoms with Crippen LogP contribution in [0.25, 0.3) is 0 Å². The van der Waals surface area contributed by atoms with Gasteiger partial charge in [0.1, 0.15) is 11.4 Å². The van der Waals surface area contributed by atoms with E-state index in [-0.39, 0.29) is 11.8 Å². The number of amides is 1. The van der Waals surface area contributed by atoms with E-state index in [0.717, 1.165) is 5.56 Å². The summed E-state index contributed by atoms with van der Waals surface area (Å²) in [5, 5.41) is 9.63. The van der Waals surface area contributed by atoms with Crippen molar-refractivity contribution in [2.75, 3.05) is 18.6 Å². The summed E-state index contributed by atoms with van der Waals surface area (Å²) in [5.41, 5.74) is 0.407. The molecule has 4 nitrogen and oxygen atoms in total. The molecule has 1 aliphatic heterocycles. The summed E-state index contributed by atoms with van der Waals surface area (Å²) in [5.74, 6) is 6.20. The smallest absolute Gasteiger partial charge is 0.233 e.